The Bertz CT molecular complexity index is 685. The van der Waals surface area contributed by atoms with Crippen LogP contribution in [-0.4, -0.2) is 36.3 Å². The zero-order valence-electron chi connectivity index (χ0n) is 17.7. The van der Waals surface area contributed by atoms with Crippen LogP contribution in [0.1, 0.15) is 64.2 Å². The first-order chi connectivity index (χ1) is 14.1. The molecular weight excluding hydrogens is 360 g/mol. The Morgan fingerprint density at radius 3 is 2.10 bits per heavy atom. The first-order valence-electron chi connectivity index (χ1n) is 12.3. The summed E-state index contributed by atoms with van der Waals surface area (Å²) in [6.45, 7) is 2.59. The van der Waals surface area contributed by atoms with Gasteiger partial charge in [0.15, 0.2) is 0 Å². The molecule has 1 heterocycles. The molecule has 2 amide bonds. The van der Waals surface area contributed by atoms with Crippen LogP contribution >= 0.6 is 0 Å². The minimum Gasteiger partial charge on any atom is -0.355 e. The number of fused-ring (bicyclic) bond motifs is 2. The molecule has 4 nitrogen and oxygen atoms in total. The van der Waals surface area contributed by atoms with Gasteiger partial charge < -0.3 is 10.2 Å². The number of carbonyl (C=O) groups excluding carboxylic acids is 2. The summed E-state index contributed by atoms with van der Waals surface area (Å²) in [6.07, 6.45) is 16.6. The lowest BCUT2D eigenvalue weighted by Gasteiger charge is -2.55. The van der Waals surface area contributed by atoms with Crippen LogP contribution in [0.25, 0.3) is 0 Å². The van der Waals surface area contributed by atoms with Crippen LogP contribution in [-0.2, 0) is 9.59 Å². The Morgan fingerprint density at radius 1 is 0.897 bits per heavy atom. The number of carbonyl (C=O) groups is 2. The average Bonchev–Trinajstić information content (AvgIpc) is 3.34. The van der Waals surface area contributed by atoms with E-state index in [9.17, 15) is 9.59 Å². The van der Waals surface area contributed by atoms with Gasteiger partial charge in [0.25, 0.3) is 0 Å². The Balaban J connectivity index is 0.993. The highest BCUT2D eigenvalue weighted by molar-refractivity contribution is 5.83. The number of nitrogens with one attached hydrogen (secondary N) is 1. The third-order valence-corrected chi connectivity index (χ3v) is 9.59. The van der Waals surface area contributed by atoms with Crippen molar-refractivity contribution in [2.75, 3.05) is 19.6 Å². The van der Waals surface area contributed by atoms with Gasteiger partial charge in [0.2, 0.25) is 11.8 Å². The molecule has 1 saturated heterocycles. The van der Waals surface area contributed by atoms with Crippen molar-refractivity contribution in [1.82, 2.24) is 10.2 Å². The van der Waals surface area contributed by atoms with Crippen molar-refractivity contribution in [1.29, 1.82) is 0 Å². The van der Waals surface area contributed by atoms with Crippen molar-refractivity contribution in [3.05, 3.63) is 12.2 Å². The summed E-state index contributed by atoms with van der Waals surface area (Å²) in [6, 6.07) is 0. The van der Waals surface area contributed by atoms with Gasteiger partial charge in [0, 0.05) is 31.0 Å². The molecule has 4 heteroatoms. The first kappa shape index (κ1) is 18.4. The van der Waals surface area contributed by atoms with Crippen LogP contribution in [0.5, 0.6) is 0 Å². The lowest BCUT2D eigenvalue weighted by Crippen LogP contribution is -2.54. The highest BCUT2D eigenvalue weighted by Gasteiger charge is 2.54. The maximum atomic E-state index is 13.2. The summed E-state index contributed by atoms with van der Waals surface area (Å²) in [5.74, 6) is 5.18. The predicted molar refractivity (Wildman–Crippen MR) is 112 cm³/mol. The Kier molecular flexibility index (Phi) is 4.36. The van der Waals surface area contributed by atoms with Crippen molar-refractivity contribution >= 4 is 11.8 Å². The zero-order chi connectivity index (χ0) is 19.6. The predicted octanol–water partition coefficient (Wildman–Crippen LogP) is 3.77. The average molecular weight is 397 g/mol. The maximum absolute atomic E-state index is 13.2. The molecule has 1 aliphatic heterocycles. The highest BCUT2D eigenvalue weighted by atomic mass is 16.2. The molecule has 0 spiro atoms. The van der Waals surface area contributed by atoms with E-state index in [1.807, 2.05) is 0 Å². The van der Waals surface area contributed by atoms with Crippen molar-refractivity contribution in [2.24, 2.45) is 46.8 Å². The van der Waals surface area contributed by atoms with Crippen LogP contribution in [0.15, 0.2) is 12.2 Å². The molecule has 0 radical (unpaired) electrons. The number of hydrogen-bond donors (Lipinski definition) is 1. The first-order valence-corrected chi connectivity index (χ1v) is 12.3. The van der Waals surface area contributed by atoms with E-state index in [4.69, 9.17) is 0 Å². The van der Waals surface area contributed by atoms with Crippen LogP contribution in [0.4, 0.5) is 0 Å². The van der Waals surface area contributed by atoms with Crippen molar-refractivity contribution in [3.63, 3.8) is 0 Å². The van der Waals surface area contributed by atoms with Gasteiger partial charge in [-0.3, -0.25) is 9.59 Å². The summed E-state index contributed by atoms with van der Waals surface area (Å²) in [7, 11) is 0. The monoisotopic (exact) mass is 396 g/mol. The fraction of sp³-hybridized carbons (Fsp3) is 0.840. The number of allylic oxidation sites excluding steroid dienone is 2. The minimum absolute atomic E-state index is 0.0271. The molecule has 0 aromatic carbocycles. The van der Waals surface area contributed by atoms with Gasteiger partial charge in [-0.1, -0.05) is 12.2 Å². The fourth-order valence-corrected chi connectivity index (χ4v) is 8.47. The van der Waals surface area contributed by atoms with Gasteiger partial charge in [-0.05, 0) is 99.7 Å². The third kappa shape index (κ3) is 3.16. The van der Waals surface area contributed by atoms with Crippen LogP contribution < -0.4 is 5.32 Å². The van der Waals surface area contributed by atoms with Crippen LogP contribution in [0.3, 0.4) is 0 Å². The number of rotatable bonds is 4. The lowest BCUT2D eigenvalue weighted by atomic mass is 9.49. The molecule has 0 aromatic heterocycles. The second-order valence-electron chi connectivity index (χ2n) is 11.6. The topological polar surface area (TPSA) is 49.4 Å². The van der Waals surface area contributed by atoms with Gasteiger partial charge in [-0.2, -0.15) is 0 Å². The second-order valence-corrected chi connectivity index (χ2v) is 11.6. The molecule has 7 aliphatic rings. The summed E-state index contributed by atoms with van der Waals surface area (Å²) < 4.78 is 0. The molecule has 29 heavy (non-hydrogen) atoms. The number of likely N-dealkylation sites (tertiary alicyclic amines) is 1. The van der Waals surface area contributed by atoms with E-state index in [1.165, 1.54) is 25.7 Å². The normalized spacial score (nSPS) is 45.2. The van der Waals surface area contributed by atoms with Gasteiger partial charge in [-0.15, -0.1) is 0 Å². The van der Waals surface area contributed by atoms with Gasteiger partial charge in [-0.25, -0.2) is 0 Å². The van der Waals surface area contributed by atoms with Gasteiger partial charge in [0.05, 0.1) is 0 Å². The number of amides is 2. The minimum atomic E-state index is -0.0271. The molecule has 0 aromatic rings. The Hall–Kier alpha value is -1.32. The van der Waals surface area contributed by atoms with Gasteiger partial charge in [0.1, 0.15) is 0 Å². The molecule has 5 saturated carbocycles. The summed E-state index contributed by atoms with van der Waals surface area (Å²) in [5.41, 5.74) is -0.0271. The molecule has 6 bridgehead atoms. The number of nitrogens with zero attached hydrogens (tertiary/aromatic N) is 1. The van der Waals surface area contributed by atoms with Crippen molar-refractivity contribution in [2.45, 2.75) is 64.2 Å². The number of hydrogen-bond acceptors (Lipinski definition) is 2. The summed E-state index contributed by atoms with van der Waals surface area (Å²) in [4.78, 5) is 28.2. The van der Waals surface area contributed by atoms with Crippen LogP contribution in [0.2, 0.25) is 0 Å². The molecule has 1 N–H and O–H groups in total. The van der Waals surface area contributed by atoms with Crippen molar-refractivity contribution in [3.8, 4) is 0 Å². The van der Waals surface area contributed by atoms with E-state index in [1.54, 1.807) is 0 Å². The Labute approximate surface area is 174 Å². The largest absolute Gasteiger partial charge is 0.355 e. The molecule has 158 valence electrons. The van der Waals surface area contributed by atoms with E-state index in [-0.39, 0.29) is 11.3 Å². The summed E-state index contributed by atoms with van der Waals surface area (Å²) >= 11 is 0. The quantitative estimate of drug-likeness (QED) is 0.736. The van der Waals surface area contributed by atoms with E-state index in [2.05, 4.69) is 22.4 Å². The smallest absolute Gasteiger partial charge is 0.226 e. The SMILES string of the molecule is O=C([C@H]1C[C@@H]2C=C[C@H]1C2)N1CCC(CNC(=O)C23CC4CC(CC(C4)C2)C3)CC1. The molecule has 6 aliphatic carbocycles. The number of piperidine rings is 1. The Morgan fingerprint density at radius 2 is 1.55 bits per heavy atom. The lowest BCUT2D eigenvalue weighted by molar-refractivity contribution is -0.146. The van der Waals surface area contributed by atoms with E-state index < -0.39 is 0 Å². The fourth-order valence-electron chi connectivity index (χ4n) is 8.47. The third-order valence-electron chi connectivity index (χ3n) is 9.59. The van der Waals surface area contributed by atoms with Crippen molar-refractivity contribution < 1.29 is 9.59 Å². The second kappa shape index (κ2) is 6.85. The van der Waals surface area contributed by atoms with E-state index in [0.29, 0.717) is 29.6 Å². The molecule has 3 atom stereocenters. The molecule has 6 fully saturated rings. The van der Waals surface area contributed by atoms with Crippen LogP contribution in [0, 0.1) is 46.8 Å². The molecular formula is C25H36N2O2. The van der Waals surface area contributed by atoms with E-state index in [0.717, 1.165) is 75.9 Å². The standard InChI is InChI=1S/C25H36N2O2/c28-23(22-11-17-1-2-21(22)10-17)27-5-3-16(4-6-27)15-26-24(29)25-12-18-7-19(13-25)9-20(8-18)14-25/h1-2,16-22H,3-15H2,(H,26,29)/t17-,18?,19?,20?,21+,22+,25?/m1/s1. The molecule has 7 rings (SSSR count). The zero-order valence-corrected chi connectivity index (χ0v) is 17.7. The maximum Gasteiger partial charge on any atom is 0.226 e. The van der Waals surface area contributed by atoms with E-state index >= 15 is 0 Å². The highest BCUT2D eigenvalue weighted by Crippen LogP contribution is 2.60. The summed E-state index contributed by atoms with van der Waals surface area (Å²) in [5, 5.41) is 3.38. The molecule has 0 unspecified atom stereocenters. The van der Waals surface area contributed by atoms with Gasteiger partial charge >= 0.3 is 0 Å².